The van der Waals surface area contributed by atoms with Gasteiger partial charge in [-0.2, -0.15) is 0 Å². The second-order valence-corrected chi connectivity index (χ2v) is 6.32. The van der Waals surface area contributed by atoms with E-state index < -0.39 is 0 Å². The molecule has 2 N–H and O–H groups in total. The van der Waals surface area contributed by atoms with Crippen LogP contribution in [-0.2, 0) is 13.1 Å². The number of anilines is 1. The Labute approximate surface area is 150 Å². The third-order valence-corrected chi connectivity index (χ3v) is 3.95. The quantitative estimate of drug-likeness (QED) is 0.624. The van der Waals surface area contributed by atoms with Crippen molar-refractivity contribution in [2.45, 2.75) is 40.8 Å². The third-order valence-electron chi connectivity index (χ3n) is 3.95. The topological polar surface area (TPSA) is 65.7 Å². The minimum absolute atomic E-state index is 0.509. The van der Waals surface area contributed by atoms with Crippen molar-refractivity contribution in [3.05, 3.63) is 46.7 Å². The molecule has 2 rings (SSSR count). The number of aryl methyl sites for hydroxylation is 3. The molecule has 0 saturated carbocycles. The predicted octanol–water partition coefficient (Wildman–Crippen LogP) is 2.92. The first-order valence-electron chi connectivity index (χ1n) is 8.62. The van der Waals surface area contributed by atoms with Gasteiger partial charge in [0, 0.05) is 26.3 Å². The van der Waals surface area contributed by atoms with Gasteiger partial charge in [0.1, 0.15) is 5.76 Å². The fourth-order valence-corrected chi connectivity index (χ4v) is 2.50. The van der Waals surface area contributed by atoms with E-state index >= 15 is 0 Å². The lowest BCUT2D eigenvalue weighted by molar-refractivity contribution is 0.463. The summed E-state index contributed by atoms with van der Waals surface area (Å²) in [6, 6.07) is 6.44. The summed E-state index contributed by atoms with van der Waals surface area (Å²) < 4.78 is 5.61. The molecule has 136 valence electrons. The first kappa shape index (κ1) is 18.8. The Hall–Kier alpha value is -2.50. The van der Waals surface area contributed by atoms with E-state index in [-0.39, 0.29) is 0 Å². The largest absolute Gasteiger partial charge is 0.444 e. The van der Waals surface area contributed by atoms with Crippen LogP contribution in [0.3, 0.4) is 0 Å². The van der Waals surface area contributed by atoms with Crippen molar-refractivity contribution in [1.29, 1.82) is 0 Å². The smallest absolute Gasteiger partial charge is 0.214 e. The number of aliphatic imine (C=N–C) groups is 1. The molecule has 0 fully saturated rings. The number of aromatic nitrogens is 1. The molecular formula is C19H29N5O. The van der Waals surface area contributed by atoms with Crippen LogP contribution in [0, 0.1) is 20.8 Å². The third kappa shape index (κ3) is 5.24. The molecule has 1 aromatic carbocycles. The van der Waals surface area contributed by atoms with E-state index in [9.17, 15) is 0 Å². The zero-order valence-corrected chi connectivity index (χ0v) is 16.1. The van der Waals surface area contributed by atoms with E-state index in [0.29, 0.717) is 19.0 Å². The molecule has 0 amide bonds. The summed E-state index contributed by atoms with van der Waals surface area (Å²) in [6.07, 6.45) is 0. The van der Waals surface area contributed by atoms with Crippen molar-refractivity contribution in [2.24, 2.45) is 4.99 Å². The normalized spacial score (nSPS) is 11.5. The van der Waals surface area contributed by atoms with E-state index in [2.05, 4.69) is 59.7 Å². The van der Waals surface area contributed by atoms with Gasteiger partial charge >= 0.3 is 0 Å². The van der Waals surface area contributed by atoms with Crippen LogP contribution in [0.5, 0.6) is 0 Å². The van der Waals surface area contributed by atoms with Gasteiger partial charge in [0.25, 0.3) is 0 Å². The summed E-state index contributed by atoms with van der Waals surface area (Å²) in [5.74, 6) is 2.28. The van der Waals surface area contributed by atoms with Crippen LogP contribution in [0.4, 0.5) is 5.69 Å². The van der Waals surface area contributed by atoms with Gasteiger partial charge in [-0.15, -0.1) is 0 Å². The van der Waals surface area contributed by atoms with Gasteiger partial charge in [-0.1, -0.05) is 12.1 Å². The van der Waals surface area contributed by atoms with Crippen molar-refractivity contribution in [1.82, 2.24) is 15.6 Å². The fraction of sp³-hybridized carbons (Fsp3) is 0.474. The second-order valence-electron chi connectivity index (χ2n) is 6.32. The van der Waals surface area contributed by atoms with Crippen LogP contribution in [0.1, 0.15) is 35.4 Å². The average molecular weight is 343 g/mol. The van der Waals surface area contributed by atoms with E-state index in [1.54, 1.807) is 0 Å². The molecule has 6 nitrogen and oxygen atoms in total. The van der Waals surface area contributed by atoms with Crippen LogP contribution >= 0.6 is 0 Å². The highest BCUT2D eigenvalue weighted by molar-refractivity contribution is 5.79. The van der Waals surface area contributed by atoms with Gasteiger partial charge in [0.15, 0.2) is 5.96 Å². The molecule has 0 aliphatic carbocycles. The zero-order valence-electron chi connectivity index (χ0n) is 16.1. The SMILES string of the molecule is CCNC(=NCc1ccc(C)cc1N(C)C)NCc1nc(C)c(C)o1. The molecule has 25 heavy (non-hydrogen) atoms. The maximum Gasteiger partial charge on any atom is 0.214 e. The van der Waals surface area contributed by atoms with E-state index in [4.69, 9.17) is 9.41 Å². The summed E-state index contributed by atoms with van der Waals surface area (Å²) in [5, 5.41) is 6.54. The Kier molecular flexibility index (Phi) is 6.44. The molecule has 0 bridgehead atoms. The van der Waals surface area contributed by atoms with Crippen LogP contribution in [-0.4, -0.2) is 31.6 Å². The predicted molar refractivity (Wildman–Crippen MR) is 103 cm³/mol. The molecule has 0 saturated heterocycles. The summed E-state index contributed by atoms with van der Waals surface area (Å²) in [5.41, 5.74) is 4.55. The van der Waals surface area contributed by atoms with Crippen molar-refractivity contribution >= 4 is 11.6 Å². The van der Waals surface area contributed by atoms with Crippen molar-refractivity contribution in [3.63, 3.8) is 0 Å². The van der Waals surface area contributed by atoms with Crippen molar-refractivity contribution in [3.8, 4) is 0 Å². The van der Waals surface area contributed by atoms with E-state index in [1.807, 2.05) is 20.8 Å². The number of benzene rings is 1. The zero-order chi connectivity index (χ0) is 18.4. The number of hydrogen-bond donors (Lipinski definition) is 2. The summed E-state index contributed by atoms with van der Waals surface area (Å²) in [7, 11) is 4.11. The second kappa shape index (κ2) is 8.55. The standard InChI is InChI=1S/C19H29N5O/c1-7-20-19(22-12-18-23-14(3)15(4)25-18)21-11-16-9-8-13(2)10-17(16)24(5)6/h8-10H,7,11-12H2,1-6H3,(H2,20,21,22). The summed E-state index contributed by atoms with van der Waals surface area (Å²) in [6.45, 7) is 9.93. The maximum absolute atomic E-state index is 5.61. The number of nitrogens with one attached hydrogen (secondary N) is 2. The number of rotatable bonds is 6. The summed E-state index contributed by atoms with van der Waals surface area (Å²) in [4.78, 5) is 11.2. The molecule has 0 radical (unpaired) electrons. The molecular weight excluding hydrogens is 314 g/mol. The van der Waals surface area contributed by atoms with Crippen LogP contribution in [0.15, 0.2) is 27.6 Å². The highest BCUT2D eigenvalue weighted by Crippen LogP contribution is 2.21. The Bertz CT molecular complexity index is 714. The van der Waals surface area contributed by atoms with Gasteiger partial charge < -0.3 is 20.0 Å². The summed E-state index contributed by atoms with van der Waals surface area (Å²) >= 11 is 0. The van der Waals surface area contributed by atoms with Gasteiger partial charge in [0.2, 0.25) is 5.89 Å². The van der Waals surface area contributed by atoms with Gasteiger partial charge in [-0.25, -0.2) is 9.98 Å². The highest BCUT2D eigenvalue weighted by atomic mass is 16.4. The van der Waals surface area contributed by atoms with Crippen LogP contribution in [0.2, 0.25) is 0 Å². The van der Waals surface area contributed by atoms with Crippen LogP contribution < -0.4 is 15.5 Å². The molecule has 0 atom stereocenters. The molecule has 6 heteroatoms. The number of oxazole rings is 1. The number of nitrogens with zero attached hydrogens (tertiary/aromatic N) is 3. The minimum Gasteiger partial charge on any atom is -0.444 e. The lowest BCUT2D eigenvalue weighted by Crippen LogP contribution is -2.36. The van der Waals surface area contributed by atoms with E-state index in [0.717, 1.165) is 24.0 Å². The number of guanidine groups is 1. The molecule has 0 aliphatic heterocycles. The van der Waals surface area contributed by atoms with Crippen molar-refractivity contribution in [2.75, 3.05) is 25.5 Å². The molecule has 1 heterocycles. The van der Waals surface area contributed by atoms with Gasteiger partial charge in [0.05, 0.1) is 18.8 Å². The lowest BCUT2D eigenvalue weighted by Gasteiger charge is -2.18. The Morgan fingerprint density at radius 2 is 1.96 bits per heavy atom. The van der Waals surface area contributed by atoms with Gasteiger partial charge in [-0.3, -0.25) is 0 Å². The monoisotopic (exact) mass is 343 g/mol. The Balaban J connectivity index is 2.09. The molecule has 2 aromatic rings. The lowest BCUT2D eigenvalue weighted by atomic mass is 10.1. The van der Waals surface area contributed by atoms with E-state index in [1.165, 1.54) is 16.8 Å². The maximum atomic E-state index is 5.61. The van der Waals surface area contributed by atoms with Crippen LogP contribution in [0.25, 0.3) is 0 Å². The molecule has 0 unspecified atom stereocenters. The minimum atomic E-state index is 0.509. The first-order valence-corrected chi connectivity index (χ1v) is 8.62. The number of hydrogen-bond acceptors (Lipinski definition) is 4. The van der Waals surface area contributed by atoms with Gasteiger partial charge in [-0.05, 0) is 44.9 Å². The average Bonchev–Trinajstić information content (AvgIpc) is 2.89. The molecule has 1 aromatic heterocycles. The Morgan fingerprint density at radius 1 is 1.20 bits per heavy atom. The first-order chi connectivity index (χ1) is 11.9. The molecule has 0 aliphatic rings. The Morgan fingerprint density at radius 3 is 2.56 bits per heavy atom. The fourth-order valence-electron chi connectivity index (χ4n) is 2.50. The highest BCUT2D eigenvalue weighted by Gasteiger charge is 2.08. The molecule has 0 spiro atoms. The van der Waals surface area contributed by atoms with Crippen molar-refractivity contribution < 1.29 is 4.42 Å².